The van der Waals surface area contributed by atoms with Crippen LogP contribution in [0.15, 0.2) is 48.5 Å². The summed E-state index contributed by atoms with van der Waals surface area (Å²) in [6.45, 7) is 7.00. The van der Waals surface area contributed by atoms with Gasteiger partial charge in [-0.1, -0.05) is 36.4 Å². The monoisotopic (exact) mass is 283 g/mol. The molecular formula is C18H21NO2. The molecule has 0 saturated heterocycles. The van der Waals surface area contributed by atoms with Gasteiger partial charge in [-0.2, -0.15) is 0 Å². The van der Waals surface area contributed by atoms with Gasteiger partial charge in [0.2, 0.25) is 0 Å². The minimum atomic E-state index is -0.894. The summed E-state index contributed by atoms with van der Waals surface area (Å²) in [5, 5.41) is 12.5. The van der Waals surface area contributed by atoms with E-state index >= 15 is 0 Å². The molecule has 0 amide bonds. The third-order valence-corrected chi connectivity index (χ3v) is 3.73. The van der Waals surface area contributed by atoms with Crippen molar-refractivity contribution in [1.29, 1.82) is 0 Å². The van der Waals surface area contributed by atoms with Gasteiger partial charge in [0, 0.05) is 12.1 Å². The lowest BCUT2D eigenvalue weighted by atomic mass is 9.90. The zero-order valence-corrected chi connectivity index (χ0v) is 12.7. The van der Waals surface area contributed by atoms with Gasteiger partial charge in [0.15, 0.2) is 0 Å². The highest BCUT2D eigenvalue weighted by Crippen LogP contribution is 2.23. The number of nitrogens with one attached hydrogen (secondary N) is 1. The van der Waals surface area contributed by atoms with Crippen LogP contribution in [0.25, 0.3) is 0 Å². The summed E-state index contributed by atoms with van der Waals surface area (Å²) in [7, 11) is 0. The standard InChI is InChI=1S/C18H21NO2/c1-13-7-4-5-10-16(13)18(2,3)19-12-14-8-6-9-15(11-14)17(20)21/h4-11,19H,12H2,1-3H3,(H,20,21). The Balaban J connectivity index is 2.13. The minimum absolute atomic E-state index is 0.176. The van der Waals surface area contributed by atoms with Crippen LogP contribution in [0, 0.1) is 6.92 Å². The Morgan fingerprint density at radius 2 is 1.86 bits per heavy atom. The number of rotatable bonds is 5. The van der Waals surface area contributed by atoms with E-state index in [0.717, 1.165) is 5.56 Å². The first kappa shape index (κ1) is 15.3. The van der Waals surface area contributed by atoms with Gasteiger partial charge >= 0.3 is 5.97 Å². The van der Waals surface area contributed by atoms with Crippen molar-refractivity contribution in [2.45, 2.75) is 32.9 Å². The zero-order valence-electron chi connectivity index (χ0n) is 12.7. The summed E-state index contributed by atoms with van der Waals surface area (Å²) in [6, 6.07) is 15.3. The fourth-order valence-electron chi connectivity index (χ4n) is 2.51. The average molecular weight is 283 g/mol. The first-order chi connectivity index (χ1) is 9.90. The van der Waals surface area contributed by atoms with Crippen LogP contribution in [-0.2, 0) is 12.1 Å². The topological polar surface area (TPSA) is 49.3 Å². The van der Waals surface area contributed by atoms with Crippen LogP contribution in [0.3, 0.4) is 0 Å². The first-order valence-electron chi connectivity index (χ1n) is 7.03. The van der Waals surface area contributed by atoms with Gasteiger partial charge in [-0.05, 0) is 49.6 Å². The van der Waals surface area contributed by atoms with Crippen LogP contribution >= 0.6 is 0 Å². The Morgan fingerprint density at radius 3 is 2.52 bits per heavy atom. The highest BCUT2D eigenvalue weighted by atomic mass is 16.4. The first-order valence-corrected chi connectivity index (χ1v) is 7.03. The van der Waals surface area contributed by atoms with Crippen molar-refractivity contribution in [3.63, 3.8) is 0 Å². The van der Waals surface area contributed by atoms with Gasteiger partial charge in [-0.3, -0.25) is 0 Å². The maximum absolute atomic E-state index is 11.0. The lowest BCUT2D eigenvalue weighted by Crippen LogP contribution is -2.36. The summed E-state index contributed by atoms with van der Waals surface area (Å²) in [4.78, 5) is 11.0. The number of aryl methyl sites for hydroxylation is 1. The van der Waals surface area contributed by atoms with Gasteiger partial charge < -0.3 is 10.4 Å². The molecule has 0 radical (unpaired) electrons. The molecule has 2 aromatic rings. The Kier molecular flexibility index (Phi) is 4.43. The largest absolute Gasteiger partial charge is 0.478 e. The van der Waals surface area contributed by atoms with E-state index in [-0.39, 0.29) is 5.54 Å². The SMILES string of the molecule is Cc1ccccc1C(C)(C)NCc1cccc(C(=O)O)c1. The van der Waals surface area contributed by atoms with Crippen molar-refractivity contribution in [3.8, 4) is 0 Å². The van der Waals surface area contributed by atoms with Crippen molar-refractivity contribution in [2.75, 3.05) is 0 Å². The second kappa shape index (κ2) is 6.10. The molecule has 3 nitrogen and oxygen atoms in total. The number of carboxylic acids is 1. The van der Waals surface area contributed by atoms with E-state index in [1.54, 1.807) is 18.2 Å². The number of carbonyl (C=O) groups is 1. The molecule has 0 spiro atoms. The zero-order chi connectivity index (χ0) is 15.5. The molecule has 0 aliphatic heterocycles. The van der Waals surface area contributed by atoms with E-state index in [0.29, 0.717) is 12.1 Å². The van der Waals surface area contributed by atoms with Crippen molar-refractivity contribution in [1.82, 2.24) is 5.32 Å². The molecule has 2 rings (SSSR count). The molecule has 0 aliphatic carbocycles. The van der Waals surface area contributed by atoms with Gasteiger partial charge in [0.25, 0.3) is 0 Å². The Morgan fingerprint density at radius 1 is 1.14 bits per heavy atom. The summed E-state index contributed by atoms with van der Waals surface area (Å²) < 4.78 is 0. The molecule has 110 valence electrons. The summed E-state index contributed by atoms with van der Waals surface area (Å²) in [5.74, 6) is -0.894. The average Bonchev–Trinajstić information content (AvgIpc) is 2.46. The minimum Gasteiger partial charge on any atom is -0.478 e. The van der Waals surface area contributed by atoms with Crippen molar-refractivity contribution in [2.24, 2.45) is 0 Å². The molecule has 0 fully saturated rings. The van der Waals surface area contributed by atoms with Crippen LogP contribution in [-0.4, -0.2) is 11.1 Å². The fourth-order valence-corrected chi connectivity index (χ4v) is 2.51. The Labute approximate surface area is 125 Å². The molecule has 0 aliphatic rings. The van der Waals surface area contributed by atoms with Crippen molar-refractivity contribution >= 4 is 5.97 Å². The number of hydrogen-bond acceptors (Lipinski definition) is 2. The van der Waals surface area contributed by atoms with E-state index < -0.39 is 5.97 Å². The molecule has 0 unspecified atom stereocenters. The highest BCUT2D eigenvalue weighted by molar-refractivity contribution is 5.87. The second-order valence-electron chi connectivity index (χ2n) is 5.80. The number of carboxylic acid groups (broad SMARTS) is 1. The van der Waals surface area contributed by atoms with Crippen LogP contribution in [0.5, 0.6) is 0 Å². The van der Waals surface area contributed by atoms with Crippen LogP contribution in [0.4, 0.5) is 0 Å². The molecule has 0 atom stereocenters. The van der Waals surface area contributed by atoms with E-state index in [1.165, 1.54) is 11.1 Å². The van der Waals surface area contributed by atoms with E-state index in [9.17, 15) is 4.79 Å². The van der Waals surface area contributed by atoms with Crippen LogP contribution in [0.1, 0.15) is 40.9 Å². The van der Waals surface area contributed by atoms with Crippen molar-refractivity contribution in [3.05, 3.63) is 70.8 Å². The molecule has 0 heterocycles. The third-order valence-electron chi connectivity index (χ3n) is 3.73. The third kappa shape index (κ3) is 3.70. The van der Waals surface area contributed by atoms with Crippen LogP contribution in [0.2, 0.25) is 0 Å². The van der Waals surface area contributed by atoms with Gasteiger partial charge in [-0.15, -0.1) is 0 Å². The summed E-state index contributed by atoms with van der Waals surface area (Å²) in [5.41, 5.74) is 3.61. The van der Waals surface area contributed by atoms with Gasteiger partial charge in [0.05, 0.1) is 5.56 Å². The van der Waals surface area contributed by atoms with E-state index in [4.69, 9.17) is 5.11 Å². The highest BCUT2D eigenvalue weighted by Gasteiger charge is 2.21. The summed E-state index contributed by atoms with van der Waals surface area (Å²) in [6.07, 6.45) is 0. The smallest absolute Gasteiger partial charge is 0.335 e. The second-order valence-corrected chi connectivity index (χ2v) is 5.80. The Hall–Kier alpha value is -2.13. The molecule has 0 aromatic heterocycles. The normalized spacial score (nSPS) is 11.4. The van der Waals surface area contributed by atoms with Gasteiger partial charge in [-0.25, -0.2) is 4.79 Å². The lowest BCUT2D eigenvalue weighted by Gasteiger charge is -2.29. The predicted molar refractivity (Wildman–Crippen MR) is 84.4 cm³/mol. The predicted octanol–water partition coefficient (Wildman–Crippen LogP) is 3.72. The number of benzene rings is 2. The Bertz CT molecular complexity index is 647. The van der Waals surface area contributed by atoms with Gasteiger partial charge in [0.1, 0.15) is 0 Å². The number of hydrogen-bond donors (Lipinski definition) is 2. The molecular weight excluding hydrogens is 262 g/mol. The number of aromatic carboxylic acids is 1. The molecule has 0 saturated carbocycles. The van der Waals surface area contributed by atoms with Crippen molar-refractivity contribution < 1.29 is 9.90 Å². The molecule has 3 heteroatoms. The fraction of sp³-hybridized carbons (Fsp3) is 0.278. The molecule has 0 bridgehead atoms. The lowest BCUT2D eigenvalue weighted by molar-refractivity contribution is 0.0696. The van der Waals surface area contributed by atoms with E-state index in [1.807, 2.05) is 18.2 Å². The maximum Gasteiger partial charge on any atom is 0.335 e. The quantitative estimate of drug-likeness (QED) is 0.879. The molecule has 2 N–H and O–H groups in total. The summed E-state index contributed by atoms with van der Waals surface area (Å²) >= 11 is 0. The maximum atomic E-state index is 11.0. The van der Waals surface area contributed by atoms with Crippen LogP contribution < -0.4 is 5.32 Å². The molecule has 2 aromatic carbocycles. The molecule has 21 heavy (non-hydrogen) atoms. The van der Waals surface area contributed by atoms with E-state index in [2.05, 4.69) is 38.2 Å².